The van der Waals surface area contributed by atoms with E-state index in [4.69, 9.17) is 0 Å². The normalized spacial score (nSPS) is 11.6. The maximum absolute atomic E-state index is 12.7. The zero-order valence-corrected chi connectivity index (χ0v) is 12.4. The van der Waals surface area contributed by atoms with Crippen molar-refractivity contribution < 1.29 is 13.2 Å². The molecule has 0 aliphatic heterocycles. The summed E-state index contributed by atoms with van der Waals surface area (Å²) in [5.74, 6) is 0. The smallest absolute Gasteiger partial charge is 0.380 e. The number of benzene rings is 1. The Kier molecular flexibility index (Phi) is 4.20. The number of halogens is 4. The highest BCUT2D eigenvalue weighted by Crippen LogP contribution is 2.33. The van der Waals surface area contributed by atoms with Gasteiger partial charge in [0, 0.05) is 26.5 Å². The van der Waals surface area contributed by atoms with Crippen LogP contribution in [-0.2, 0) is 12.7 Å². The lowest BCUT2D eigenvalue weighted by Gasteiger charge is -2.11. The number of rotatable bonds is 3. The van der Waals surface area contributed by atoms with Crippen molar-refractivity contribution in [2.24, 2.45) is 0 Å². The fourth-order valence-electron chi connectivity index (χ4n) is 1.62. The van der Waals surface area contributed by atoms with Gasteiger partial charge in [0.05, 0.1) is 5.56 Å². The van der Waals surface area contributed by atoms with Gasteiger partial charge in [0.25, 0.3) is 0 Å². The highest BCUT2D eigenvalue weighted by molar-refractivity contribution is 9.10. The molecule has 1 nitrogen and oxygen atoms in total. The van der Waals surface area contributed by atoms with E-state index < -0.39 is 11.7 Å². The van der Waals surface area contributed by atoms with Gasteiger partial charge in [0.2, 0.25) is 0 Å². The summed E-state index contributed by atoms with van der Waals surface area (Å²) in [4.78, 5) is 2.27. The molecule has 2 rings (SSSR count). The maximum Gasteiger partial charge on any atom is 0.416 e. The molecule has 6 heteroatoms. The lowest BCUT2D eigenvalue weighted by Crippen LogP contribution is -2.06. The van der Waals surface area contributed by atoms with Gasteiger partial charge in [-0.1, -0.05) is 15.9 Å². The molecule has 1 aromatic heterocycles. The number of hydrogen-bond acceptors (Lipinski definition) is 2. The van der Waals surface area contributed by atoms with Crippen molar-refractivity contribution in [1.29, 1.82) is 0 Å². The molecule has 1 heterocycles. The SMILES string of the molecule is Cc1ccc(CNc2cc(Br)cc(C(F)(F)F)c2)s1. The number of nitrogens with one attached hydrogen (secondary N) is 1. The summed E-state index contributed by atoms with van der Waals surface area (Å²) >= 11 is 4.72. The Morgan fingerprint density at radius 1 is 1.21 bits per heavy atom. The van der Waals surface area contributed by atoms with Gasteiger partial charge in [-0.2, -0.15) is 13.2 Å². The average molecular weight is 350 g/mol. The minimum absolute atomic E-state index is 0.409. The summed E-state index contributed by atoms with van der Waals surface area (Å²) in [5, 5.41) is 3.01. The molecule has 0 unspecified atom stereocenters. The molecule has 102 valence electrons. The fourth-order valence-corrected chi connectivity index (χ4v) is 2.95. The Hall–Kier alpha value is -1.01. The van der Waals surface area contributed by atoms with Gasteiger partial charge < -0.3 is 5.32 Å². The van der Waals surface area contributed by atoms with E-state index in [1.54, 1.807) is 17.4 Å². The maximum atomic E-state index is 12.7. The van der Waals surface area contributed by atoms with Crippen molar-refractivity contribution >= 4 is 33.0 Å². The molecule has 0 atom stereocenters. The van der Waals surface area contributed by atoms with Crippen molar-refractivity contribution in [2.75, 3.05) is 5.32 Å². The van der Waals surface area contributed by atoms with Gasteiger partial charge in [-0.15, -0.1) is 11.3 Å². The minimum atomic E-state index is -4.33. The van der Waals surface area contributed by atoms with Gasteiger partial charge in [-0.3, -0.25) is 0 Å². The van der Waals surface area contributed by atoms with Gasteiger partial charge in [-0.25, -0.2) is 0 Å². The first-order valence-electron chi connectivity index (χ1n) is 5.51. The zero-order valence-electron chi connectivity index (χ0n) is 10.0. The van der Waals surface area contributed by atoms with Crippen LogP contribution < -0.4 is 5.32 Å². The summed E-state index contributed by atoms with van der Waals surface area (Å²) in [6.07, 6.45) is -4.33. The number of hydrogen-bond donors (Lipinski definition) is 1. The van der Waals surface area contributed by atoms with Gasteiger partial charge in [0.15, 0.2) is 0 Å². The van der Waals surface area contributed by atoms with Gasteiger partial charge >= 0.3 is 6.18 Å². The number of anilines is 1. The molecule has 0 radical (unpaired) electrons. The molecule has 0 amide bonds. The predicted molar refractivity (Wildman–Crippen MR) is 75.5 cm³/mol. The number of alkyl halides is 3. The van der Waals surface area contributed by atoms with Crippen LogP contribution in [0.4, 0.5) is 18.9 Å². The average Bonchev–Trinajstić information content (AvgIpc) is 2.71. The Morgan fingerprint density at radius 2 is 1.95 bits per heavy atom. The largest absolute Gasteiger partial charge is 0.416 e. The molecule has 2 aromatic rings. The molecule has 0 saturated heterocycles. The molecule has 0 aliphatic carbocycles. The van der Waals surface area contributed by atoms with E-state index in [1.165, 1.54) is 4.88 Å². The summed E-state index contributed by atoms with van der Waals surface area (Å²) in [6, 6.07) is 7.78. The van der Waals surface area contributed by atoms with Crippen LogP contribution in [0.25, 0.3) is 0 Å². The van der Waals surface area contributed by atoms with Crippen molar-refractivity contribution in [3.8, 4) is 0 Å². The molecule has 0 saturated carbocycles. The van der Waals surface area contributed by atoms with E-state index in [0.29, 0.717) is 16.7 Å². The number of aryl methyl sites for hydroxylation is 1. The van der Waals surface area contributed by atoms with E-state index in [1.807, 2.05) is 19.1 Å². The first-order chi connectivity index (χ1) is 8.84. The second kappa shape index (κ2) is 5.54. The van der Waals surface area contributed by atoms with Crippen LogP contribution in [0.5, 0.6) is 0 Å². The quantitative estimate of drug-likeness (QED) is 0.776. The van der Waals surface area contributed by atoms with Crippen molar-refractivity contribution in [3.05, 3.63) is 50.1 Å². The molecular weight excluding hydrogens is 339 g/mol. The zero-order chi connectivity index (χ0) is 14.0. The highest BCUT2D eigenvalue weighted by Gasteiger charge is 2.31. The number of thiophene rings is 1. The monoisotopic (exact) mass is 349 g/mol. The van der Waals surface area contributed by atoms with Crippen LogP contribution in [0, 0.1) is 6.92 Å². The van der Waals surface area contributed by atoms with E-state index in [2.05, 4.69) is 21.2 Å². The summed E-state index contributed by atoms with van der Waals surface area (Å²) in [6.45, 7) is 2.52. The molecule has 19 heavy (non-hydrogen) atoms. The highest BCUT2D eigenvalue weighted by atomic mass is 79.9. The molecule has 0 spiro atoms. The third-order valence-corrected chi connectivity index (χ3v) is 3.95. The van der Waals surface area contributed by atoms with E-state index in [0.717, 1.165) is 17.0 Å². The van der Waals surface area contributed by atoms with E-state index >= 15 is 0 Å². The second-order valence-electron chi connectivity index (χ2n) is 4.09. The van der Waals surface area contributed by atoms with Crippen LogP contribution in [0.1, 0.15) is 15.3 Å². The van der Waals surface area contributed by atoms with Crippen molar-refractivity contribution in [2.45, 2.75) is 19.6 Å². The molecule has 0 fully saturated rings. The molecule has 0 bridgehead atoms. The van der Waals surface area contributed by atoms with Gasteiger partial charge in [-0.05, 0) is 37.3 Å². The standard InChI is InChI=1S/C13H11BrF3NS/c1-8-2-3-12(19-8)7-18-11-5-9(13(15,16)17)4-10(14)6-11/h2-6,18H,7H2,1H3. The van der Waals surface area contributed by atoms with Crippen LogP contribution in [-0.4, -0.2) is 0 Å². The summed E-state index contributed by atoms with van der Waals surface area (Å²) < 4.78 is 38.4. The van der Waals surface area contributed by atoms with E-state index in [9.17, 15) is 13.2 Å². The van der Waals surface area contributed by atoms with Crippen LogP contribution >= 0.6 is 27.3 Å². The van der Waals surface area contributed by atoms with Crippen LogP contribution in [0.3, 0.4) is 0 Å². The Bertz CT molecular complexity index is 578. The first-order valence-corrected chi connectivity index (χ1v) is 7.12. The molecule has 1 N–H and O–H groups in total. The summed E-state index contributed by atoms with van der Waals surface area (Å²) in [5.41, 5.74) is -0.209. The predicted octanol–water partition coefficient (Wildman–Crippen LogP) is 5.45. The third-order valence-electron chi connectivity index (χ3n) is 2.49. The van der Waals surface area contributed by atoms with Crippen molar-refractivity contribution in [3.63, 3.8) is 0 Å². The third kappa shape index (κ3) is 3.98. The van der Waals surface area contributed by atoms with E-state index in [-0.39, 0.29) is 0 Å². The minimum Gasteiger partial charge on any atom is -0.380 e. The summed E-state index contributed by atoms with van der Waals surface area (Å²) in [7, 11) is 0. The fraction of sp³-hybridized carbons (Fsp3) is 0.231. The Morgan fingerprint density at radius 3 is 2.53 bits per heavy atom. The molecular formula is C13H11BrF3NS. The van der Waals surface area contributed by atoms with Crippen LogP contribution in [0.2, 0.25) is 0 Å². The van der Waals surface area contributed by atoms with Crippen molar-refractivity contribution in [1.82, 2.24) is 0 Å². The first kappa shape index (κ1) is 14.4. The lowest BCUT2D eigenvalue weighted by molar-refractivity contribution is -0.137. The Balaban J connectivity index is 2.14. The molecule has 1 aromatic carbocycles. The van der Waals surface area contributed by atoms with Crippen LogP contribution in [0.15, 0.2) is 34.8 Å². The lowest BCUT2D eigenvalue weighted by atomic mass is 10.2. The topological polar surface area (TPSA) is 12.0 Å². The second-order valence-corrected chi connectivity index (χ2v) is 6.38. The Labute approximate surface area is 121 Å². The molecule has 0 aliphatic rings. The van der Waals surface area contributed by atoms with Gasteiger partial charge in [0.1, 0.15) is 0 Å².